The Morgan fingerprint density at radius 2 is 2.42 bits per heavy atom. The lowest BCUT2D eigenvalue weighted by atomic mass is 10.3. The van der Waals surface area contributed by atoms with E-state index >= 15 is 0 Å². The van der Waals surface area contributed by atoms with E-state index in [0.29, 0.717) is 0 Å². The van der Waals surface area contributed by atoms with Crippen LogP contribution in [0.2, 0.25) is 0 Å². The van der Waals surface area contributed by atoms with Crippen molar-refractivity contribution in [3.8, 4) is 0 Å². The van der Waals surface area contributed by atoms with Crippen LogP contribution in [0.5, 0.6) is 0 Å². The van der Waals surface area contributed by atoms with Crippen molar-refractivity contribution in [1.29, 1.82) is 0 Å². The summed E-state index contributed by atoms with van der Waals surface area (Å²) in [7, 11) is 0. The van der Waals surface area contributed by atoms with Crippen molar-refractivity contribution in [2.24, 2.45) is 0 Å². The molecule has 68 valence electrons. The summed E-state index contributed by atoms with van der Waals surface area (Å²) >= 11 is 1.64. The Labute approximate surface area is 77.0 Å². The van der Waals surface area contributed by atoms with E-state index < -0.39 is 0 Å². The normalized spacial score (nSPS) is 13.2. The maximum Gasteiger partial charge on any atom is 0.114 e. The Kier molecular flexibility index (Phi) is 3.69. The average Bonchev–Trinajstić information content (AvgIpc) is 2.47. The molecule has 1 N–H and O–H groups in total. The first-order valence-electron chi connectivity index (χ1n) is 4.09. The molecule has 0 saturated carbocycles. The lowest BCUT2D eigenvalue weighted by molar-refractivity contribution is 0.195. The number of aliphatic hydroxyl groups excluding tert-OH is 1. The van der Waals surface area contributed by atoms with Crippen LogP contribution in [0.1, 0.15) is 19.1 Å². The molecule has 0 spiro atoms. The number of furan rings is 1. The quantitative estimate of drug-likeness (QED) is 0.733. The van der Waals surface area contributed by atoms with E-state index in [4.69, 9.17) is 4.42 Å². The van der Waals surface area contributed by atoms with E-state index in [1.165, 1.54) is 0 Å². The highest BCUT2D eigenvalue weighted by atomic mass is 32.2. The second-order valence-corrected chi connectivity index (χ2v) is 3.78. The van der Waals surface area contributed by atoms with Crippen LogP contribution < -0.4 is 0 Å². The Morgan fingerprint density at radius 3 is 2.92 bits per heavy atom. The first-order chi connectivity index (χ1) is 5.74. The van der Waals surface area contributed by atoms with Crippen LogP contribution in [0.15, 0.2) is 21.6 Å². The number of hydrogen-bond acceptors (Lipinski definition) is 3. The number of thioether (sulfide) groups is 1. The highest BCUT2D eigenvalue weighted by molar-refractivity contribution is 7.99. The van der Waals surface area contributed by atoms with Gasteiger partial charge in [-0.25, -0.2) is 0 Å². The van der Waals surface area contributed by atoms with E-state index in [-0.39, 0.29) is 6.10 Å². The summed E-state index contributed by atoms with van der Waals surface area (Å²) in [5.41, 5.74) is 0. The van der Waals surface area contributed by atoms with Gasteiger partial charge in [0.25, 0.3) is 0 Å². The molecule has 0 aliphatic heterocycles. The third-order valence-corrected chi connectivity index (χ3v) is 3.00. The molecule has 3 heteroatoms. The smallest absolute Gasteiger partial charge is 0.114 e. The Morgan fingerprint density at radius 1 is 1.67 bits per heavy atom. The number of rotatable bonds is 4. The molecule has 12 heavy (non-hydrogen) atoms. The Bertz CT molecular complexity index is 232. The molecule has 0 fully saturated rings. The number of hydrogen-bond donors (Lipinski definition) is 1. The van der Waals surface area contributed by atoms with E-state index in [9.17, 15) is 5.11 Å². The summed E-state index contributed by atoms with van der Waals surface area (Å²) in [5.74, 6) is 1.68. The fourth-order valence-electron chi connectivity index (χ4n) is 0.827. The maximum atomic E-state index is 9.30. The van der Waals surface area contributed by atoms with Gasteiger partial charge in [0.05, 0.1) is 12.4 Å². The van der Waals surface area contributed by atoms with Crippen LogP contribution in [-0.2, 0) is 0 Å². The zero-order valence-electron chi connectivity index (χ0n) is 7.41. The van der Waals surface area contributed by atoms with Gasteiger partial charge in [0.1, 0.15) is 5.76 Å². The van der Waals surface area contributed by atoms with E-state index in [1.807, 2.05) is 19.9 Å². The average molecular weight is 186 g/mol. The Balaban J connectivity index is 2.38. The van der Waals surface area contributed by atoms with Crippen LogP contribution >= 0.6 is 11.8 Å². The van der Waals surface area contributed by atoms with Gasteiger partial charge in [0.2, 0.25) is 0 Å². The Hall–Kier alpha value is -0.410. The molecule has 0 saturated heterocycles. The van der Waals surface area contributed by atoms with E-state index in [1.54, 1.807) is 18.0 Å². The van der Waals surface area contributed by atoms with E-state index in [0.717, 1.165) is 22.8 Å². The molecule has 1 rings (SSSR count). The molecule has 1 atom stereocenters. The van der Waals surface area contributed by atoms with Gasteiger partial charge in [0, 0.05) is 10.6 Å². The van der Waals surface area contributed by atoms with Gasteiger partial charge in [-0.3, -0.25) is 0 Å². The second kappa shape index (κ2) is 4.58. The van der Waals surface area contributed by atoms with Crippen molar-refractivity contribution < 1.29 is 9.52 Å². The predicted octanol–water partition coefficient (Wildman–Crippen LogP) is 2.45. The summed E-state index contributed by atoms with van der Waals surface area (Å²) in [6.45, 7) is 3.91. The zero-order valence-corrected chi connectivity index (χ0v) is 8.23. The first kappa shape index (κ1) is 9.68. The SMILES string of the molecule is CCC(O)CSc1ccoc1C. The highest BCUT2D eigenvalue weighted by Crippen LogP contribution is 2.23. The minimum absolute atomic E-state index is 0.204. The van der Waals surface area contributed by atoms with Gasteiger partial charge in [-0.1, -0.05) is 6.92 Å². The van der Waals surface area contributed by atoms with Crippen molar-refractivity contribution in [2.45, 2.75) is 31.3 Å². The predicted molar refractivity (Wildman–Crippen MR) is 50.5 cm³/mol. The molecule has 2 nitrogen and oxygen atoms in total. The molecule has 1 aromatic rings. The summed E-state index contributed by atoms with van der Waals surface area (Å²) < 4.78 is 5.13. The zero-order chi connectivity index (χ0) is 8.97. The van der Waals surface area contributed by atoms with Crippen molar-refractivity contribution in [3.05, 3.63) is 18.1 Å². The molecule has 1 aromatic heterocycles. The minimum atomic E-state index is -0.204. The third-order valence-electron chi connectivity index (χ3n) is 1.71. The standard InChI is InChI=1S/C9H14O2S/c1-3-8(10)6-12-9-4-5-11-7(9)2/h4-5,8,10H,3,6H2,1-2H3. The van der Waals surface area contributed by atoms with Gasteiger partial charge < -0.3 is 9.52 Å². The van der Waals surface area contributed by atoms with Gasteiger partial charge in [-0.05, 0) is 19.4 Å². The summed E-state index contributed by atoms with van der Waals surface area (Å²) in [5, 5.41) is 9.30. The fraction of sp³-hybridized carbons (Fsp3) is 0.556. The van der Waals surface area contributed by atoms with Crippen molar-refractivity contribution in [3.63, 3.8) is 0 Å². The van der Waals surface area contributed by atoms with Gasteiger partial charge >= 0.3 is 0 Å². The van der Waals surface area contributed by atoms with Crippen molar-refractivity contribution in [2.75, 3.05) is 5.75 Å². The lowest BCUT2D eigenvalue weighted by Gasteiger charge is -2.05. The molecule has 0 aliphatic carbocycles. The topological polar surface area (TPSA) is 33.4 Å². The van der Waals surface area contributed by atoms with Gasteiger partial charge in [0.15, 0.2) is 0 Å². The second-order valence-electron chi connectivity index (χ2n) is 2.71. The molecule has 0 aliphatic rings. The largest absolute Gasteiger partial charge is 0.468 e. The van der Waals surface area contributed by atoms with Crippen LogP contribution in [0, 0.1) is 6.92 Å². The van der Waals surface area contributed by atoms with Gasteiger partial charge in [-0.2, -0.15) is 0 Å². The molecule has 0 radical (unpaired) electrons. The molecular weight excluding hydrogens is 172 g/mol. The summed E-state index contributed by atoms with van der Waals surface area (Å²) in [4.78, 5) is 1.13. The van der Waals surface area contributed by atoms with Crippen LogP contribution in [0.25, 0.3) is 0 Å². The molecule has 1 heterocycles. The van der Waals surface area contributed by atoms with E-state index in [2.05, 4.69) is 0 Å². The van der Waals surface area contributed by atoms with Crippen molar-refractivity contribution >= 4 is 11.8 Å². The third kappa shape index (κ3) is 2.57. The van der Waals surface area contributed by atoms with Crippen molar-refractivity contribution in [1.82, 2.24) is 0 Å². The van der Waals surface area contributed by atoms with Crippen LogP contribution in [-0.4, -0.2) is 17.0 Å². The minimum Gasteiger partial charge on any atom is -0.468 e. The van der Waals surface area contributed by atoms with Crippen LogP contribution in [0.4, 0.5) is 0 Å². The highest BCUT2D eigenvalue weighted by Gasteiger charge is 2.05. The molecule has 1 unspecified atom stereocenters. The lowest BCUT2D eigenvalue weighted by Crippen LogP contribution is -2.06. The monoisotopic (exact) mass is 186 g/mol. The maximum absolute atomic E-state index is 9.30. The summed E-state index contributed by atoms with van der Waals surface area (Å²) in [6, 6.07) is 1.93. The fourth-order valence-corrected chi connectivity index (χ4v) is 1.84. The summed E-state index contributed by atoms with van der Waals surface area (Å²) in [6.07, 6.45) is 2.28. The van der Waals surface area contributed by atoms with Gasteiger partial charge in [-0.15, -0.1) is 11.8 Å². The molecular formula is C9H14O2S. The molecule has 0 bridgehead atoms. The molecule has 0 aromatic carbocycles. The first-order valence-corrected chi connectivity index (χ1v) is 5.07. The van der Waals surface area contributed by atoms with Crippen LogP contribution in [0.3, 0.4) is 0 Å². The number of aryl methyl sites for hydroxylation is 1. The molecule has 0 amide bonds. The number of aliphatic hydroxyl groups is 1.